The largest absolute Gasteiger partial charge is 0.647 e. The van der Waals surface area contributed by atoms with E-state index in [9.17, 15) is 4.57 Å². The average Bonchev–Trinajstić information content (AvgIpc) is 2.80. The van der Waals surface area contributed by atoms with Gasteiger partial charge in [-0.2, -0.15) is 4.57 Å². The van der Waals surface area contributed by atoms with Crippen molar-refractivity contribution in [2.45, 2.75) is 26.7 Å². The van der Waals surface area contributed by atoms with E-state index in [-0.39, 0.29) is 0 Å². The molecule has 5 heteroatoms. The minimum absolute atomic E-state index is 0.422. The maximum atomic E-state index is 13.8. The van der Waals surface area contributed by atoms with E-state index in [0.29, 0.717) is 17.2 Å². The van der Waals surface area contributed by atoms with Crippen LogP contribution >= 0.6 is 7.82 Å². The predicted octanol–water partition coefficient (Wildman–Crippen LogP) is 7.61. The van der Waals surface area contributed by atoms with Crippen LogP contribution in [0, 0.1) is 0 Å². The normalized spacial score (nSPS) is 11.3. The van der Waals surface area contributed by atoms with Gasteiger partial charge < -0.3 is 13.6 Å². The molecule has 0 saturated carbocycles. The van der Waals surface area contributed by atoms with Gasteiger partial charge in [0.1, 0.15) is 17.2 Å². The molecule has 0 aromatic heterocycles. The molecule has 0 aliphatic carbocycles. The number of rotatable bonds is 8. The second-order valence-corrected chi connectivity index (χ2v) is 8.64. The topological polar surface area (TPSA) is 44.8 Å². The van der Waals surface area contributed by atoms with Gasteiger partial charge in [-0.3, -0.25) is 0 Å². The van der Waals surface area contributed by atoms with Crippen LogP contribution in [0.3, 0.4) is 0 Å². The molecule has 0 atom stereocenters. The molecule has 158 valence electrons. The summed E-state index contributed by atoms with van der Waals surface area (Å²) in [6.07, 6.45) is 1.81. The summed E-state index contributed by atoms with van der Waals surface area (Å²) in [6.45, 7) is 4.15. The third kappa shape index (κ3) is 5.10. The quantitative estimate of drug-likeness (QED) is 0.269. The summed E-state index contributed by atoms with van der Waals surface area (Å²) in [4.78, 5) is 0. The van der Waals surface area contributed by atoms with Crippen LogP contribution in [0.1, 0.15) is 25.0 Å². The smallest absolute Gasteiger partial charge is 0.386 e. The highest BCUT2D eigenvalue weighted by Gasteiger charge is 2.33. The van der Waals surface area contributed by atoms with Crippen molar-refractivity contribution in [3.05, 3.63) is 102 Å². The van der Waals surface area contributed by atoms with Gasteiger partial charge >= 0.3 is 7.82 Å². The van der Waals surface area contributed by atoms with Crippen molar-refractivity contribution < 1.29 is 18.1 Å². The van der Waals surface area contributed by atoms with Gasteiger partial charge in [-0.05, 0) is 59.7 Å². The number of fused-ring (bicyclic) bond motifs is 1. The second kappa shape index (κ2) is 9.28. The lowest BCUT2D eigenvalue weighted by molar-refractivity contribution is 0.299. The molecular weight excluding hydrogens is 407 g/mol. The lowest BCUT2D eigenvalue weighted by atomic mass is 10.1. The highest BCUT2D eigenvalue weighted by molar-refractivity contribution is 7.49. The molecule has 0 aliphatic heterocycles. The fourth-order valence-corrected chi connectivity index (χ4v) is 4.55. The van der Waals surface area contributed by atoms with Crippen molar-refractivity contribution in [2.24, 2.45) is 0 Å². The minimum Gasteiger partial charge on any atom is -0.386 e. The van der Waals surface area contributed by atoms with Crippen molar-refractivity contribution in [2.75, 3.05) is 0 Å². The van der Waals surface area contributed by atoms with Crippen molar-refractivity contribution in [3.8, 4) is 17.2 Å². The second-order valence-electron chi connectivity index (χ2n) is 7.19. The lowest BCUT2D eigenvalue weighted by Gasteiger charge is -2.20. The Bertz CT molecular complexity index is 1140. The first-order chi connectivity index (χ1) is 15.1. The van der Waals surface area contributed by atoms with Gasteiger partial charge in [0.05, 0.1) is 0 Å². The summed E-state index contributed by atoms with van der Waals surface area (Å²) in [5.74, 6) is 1.29. The van der Waals surface area contributed by atoms with E-state index < -0.39 is 7.82 Å². The van der Waals surface area contributed by atoms with Crippen molar-refractivity contribution in [3.63, 3.8) is 0 Å². The van der Waals surface area contributed by atoms with Crippen LogP contribution < -0.4 is 13.6 Å². The zero-order valence-corrected chi connectivity index (χ0v) is 18.5. The molecule has 0 amide bonds. The van der Waals surface area contributed by atoms with Gasteiger partial charge in [0.25, 0.3) is 0 Å². The molecule has 31 heavy (non-hydrogen) atoms. The number of benzene rings is 4. The first-order valence-electron chi connectivity index (χ1n) is 10.4. The maximum absolute atomic E-state index is 13.8. The Hall–Kier alpha value is -3.23. The maximum Gasteiger partial charge on any atom is 0.647 e. The molecule has 0 spiro atoms. The fourth-order valence-electron chi connectivity index (χ4n) is 3.28. The Morgan fingerprint density at radius 1 is 0.613 bits per heavy atom. The van der Waals surface area contributed by atoms with Crippen molar-refractivity contribution in [1.82, 2.24) is 0 Å². The molecule has 0 unspecified atom stereocenters. The van der Waals surface area contributed by atoms with E-state index in [0.717, 1.165) is 34.7 Å². The molecule has 0 aliphatic rings. The Morgan fingerprint density at radius 3 is 1.68 bits per heavy atom. The van der Waals surface area contributed by atoms with Gasteiger partial charge in [-0.1, -0.05) is 74.5 Å². The number of aryl methyl sites for hydroxylation is 2. The summed E-state index contributed by atoms with van der Waals surface area (Å²) >= 11 is 0. The molecule has 0 fully saturated rings. The van der Waals surface area contributed by atoms with Crippen LogP contribution in [0.4, 0.5) is 0 Å². The standard InChI is InChI=1S/C26H25O4P/c1-3-20-12-16-23(17-13-20)28-31(27,29-24-18-14-21(4-2)15-19-24)30-26-11-7-9-22-8-5-6-10-25(22)26/h5-19H,3-4H2,1-2H3. The summed E-state index contributed by atoms with van der Waals surface area (Å²) in [5.41, 5.74) is 2.32. The van der Waals surface area contributed by atoms with Crippen molar-refractivity contribution in [1.29, 1.82) is 0 Å². The molecule has 4 aromatic carbocycles. The van der Waals surface area contributed by atoms with E-state index in [4.69, 9.17) is 13.6 Å². The highest BCUT2D eigenvalue weighted by Crippen LogP contribution is 2.51. The number of hydrogen-bond acceptors (Lipinski definition) is 4. The van der Waals surface area contributed by atoms with E-state index in [1.807, 2.05) is 60.7 Å². The molecular formula is C26H25O4P. The van der Waals surface area contributed by atoms with Gasteiger partial charge in [0.15, 0.2) is 0 Å². The minimum atomic E-state index is -4.04. The molecule has 4 nitrogen and oxygen atoms in total. The monoisotopic (exact) mass is 432 g/mol. The summed E-state index contributed by atoms with van der Waals surface area (Å²) in [7, 11) is -4.04. The van der Waals surface area contributed by atoms with Crippen LogP contribution in [0.15, 0.2) is 91.0 Å². The zero-order chi connectivity index (χ0) is 21.7. The molecule has 0 N–H and O–H groups in total. The van der Waals surface area contributed by atoms with Crippen LogP contribution in [0.2, 0.25) is 0 Å². The average molecular weight is 432 g/mol. The van der Waals surface area contributed by atoms with Gasteiger partial charge in [0, 0.05) is 5.39 Å². The Labute approximate surface area is 183 Å². The van der Waals surface area contributed by atoms with Gasteiger partial charge in [-0.15, -0.1) is 0 Å². The summed E-state index contributed by atoms with van der Waals surface area (Å²) in [5, 5.41) is 1.81. The van der Waals surface area contributed by atoms with Crippen LogP contribution in [-0.4, -0.2) is 0 Å². The number of hydrogen-bond donors (Lipinski definition) is 0. The SMILES string of the molecule is CCc1ccc(OP(=O)(Oc2ccc(CC)cc2)Oc2cccc3ccccc23)cc1. The number of phosphoric acid groups is 1. The summed E-state index contributed by atoms with van der Waals surface area (Å²) in [6, 6.07) is 28.2. The molecule has 0 radical (unpaired) electrons. The molecule has 0 saturated heterocycles. The zero-order valence-electron chi connectivity index (χ0n) is 17.7. The van der Waals surface area contributed by atoms with Gasteiger partial charge in [-0.25, -0.2) is 0 Å². The van der Waals surface area contributed by atoms with Crippen LogP contribution in [0.5, 0.6) is 17.2 Å². The van der Waals surface area contributed by atoms with E-state index in [1.54, 1.807) is 30.3 Å². The van der Waals surface area contributed by atoms with Crippen LogP contribution in [0.25, 0.3) is 10.8 Å². The van der Waals surface area contributed by atoms with Crippen LogP contribution in [-0.2, 0) is 17.4 Å². The molecule has 4 rings (SSSR count). The third-order valence-electron chi connectivity index (χ3n) is 5.06. The van der Waals surface area contributed by atoms with Gasteiger partial charge in [0.2, 0.25) is 0 Å². The first-order valence-corrected chi connectivity index (χ1v) is 11.9. The molecule has 0 bridgehead atoms. The van der Waals surface area contributed by atoms with E-state index in [2.05, 4.69) is 13.8 Å². The highest BCUT2D eigenvalue weighted by atomic mass is 31.2. The predicted molar refractivity (Wildman–Crippen MR) is 125 cm³/mol. The Balaban J connectivity index is 1.68. The first kappa shape index (κ1) is 21.0. The molecule has 4 aromatic rings. The molecule has 0 heterocycles. The van der Waals surface area contributed by atoms with Crippen molar-refractivity contribution >= 4 is 18.6 Å². The number of phosphoric ester groups is 1. The lowest BCUT2D eigenvalue weighted by Crippen LogP contribution is -2.08. The third-order valence-corrected chi connectivity index (χ3v) is 6.35. The van der Waals surface area contributed by atoms with E-state index >= 15 is 0 Å². The fraction of sp³-hybridized carbons (Fsp3) is 0.154. The Kier molecular flexibility index (Phi) is 6.29. The summed E-state index contributed by atoms with van der Waals surface area (Å²) < 4.78 is 31.4. The Morgan fingerprint density at radius 2 is 1.13 bits per heavy atom. The van der Waals surface area contributed by atoms with E-state index in [1.165, 1.54) is 0 Å².